The molecular formula is C22H23F3N4O2. The Hall–Kier alpha value is -3.23. The first-order valence-corrected chi connectivity index (χ1v) is 10.2. The number of alkyl halides is 3. The lowest BCUT2D eigenvalue weighted by atomic mass is 10.1. The summed E-state index contributed by atoms with van der Waals surface area (Å²) in [5, 5.41) is 2.67. The van der Waals surface area contributed by atoms with E-state index in [1.165, 1.54) is 6.07 Å². The molecule has 2 aromatic carbocycles. The van der Waals surface area contributed by atoms with Crippen LogP contribution in [0.2, 0.25) is 0 Å². The van der Waals surface area contributed by atoms with E-state index >= 15 is 0 Å². The van der Waals surface area contributed by atoms with Crippen molar-refractivity contribution >= 4 is 23.3 Å². The lowest BCUT2D eigenvalue weighted by molar-refractivity contribution is -0.137. The molecule has 3 amide bonds. The summed E-state index contributed by atoms with van der Waals surface area (Å²) in [6, 6.07) is 12.6. The summed E-state index contributed by atoms with van der Waals surface area (Å²) >= 11 is 0. The summed E-state index contributed by atoms with van der Waals surface area (Å²) in [7, 11) is 0. The van der Waals surface area contributed by atoms with Crippen LogP contribution in [0.25, 0.3) is 0 Å². The van der Waals surface area contributed by atoms with Gasteiger partial charge in [0.1, 0.15) is 0 Å². The van der Waals surface area contributed by atoms with Crippen molar-refractivity contribution in [2.45, 2.75) is 12.6 Å². The number of amides is 3. The van der Waals surface area contributed by atoms with Crippen LogP contribution < -0.4 is 15.1 Å². The molecule has 31 heavy (non-hydrogen) atoms. The Bertz CT molecular complexity index is 971. The maximum atomic E-state index is 12.9. The van der Waals surface area contributed by atoms with Crippen molar-refractivity contribution in [1.82, 2.24) is 10.2 Å². The third-order valence-corrected chi connectivity index (χ3v) is 5.68. The molecule has 0 unspecified atom stereocenters. The highest BCUT2D eigenvalue weighted by atomic mass is 19.4. The molecular weight excluding hydrogens is 409 g/mol. The first kappa shape index (κ1) is 21.0. The largest absolute Gasteiger partial charge is 0.416 e. The Kier molecular flexibility index (Phi) is 5.75. The van der Waals surface area contributed by atoms with Gasteiger partial charge in [0.2, 0.25) is 5.91 Å². The van der Waals surface area contributed by atoms with Crippen molar-refractivity contribution in [1.29, 1.82) is 0 Å². The first-order chi connectivity index (χ1) is 14.8. The van der Waals surface area contributed by atoms with E-state index in [9.17, 15) is 22.8 Å². The fraction of sp³-hybridized carbons (Fsp3) is 0.364. The van der Waals surface area contributed by atoms with E-state index in [0.717, 1.165) is 29.8 Å². The minimum absolute atomic E-state index is 0.0962. The van der Waals surface area contributed by atoms with Crippen LogP contribution in [-0.2, 0) is 17.4 Å². The Morgan fingerprint density at radius 2 is 1.68 bits per heavy atom. The van der Waals surface area contributed by atoms with Gasteiger partial charge in [0, 0.05) is 44.1 Å². The second-order valence-electron chi connectivity index (χ2n) is 7.60. The molecule has 0 atom stereocenters. The zero-order chi connectivity index (χ0) is 22.0. The van der Waals surface area contributed by atoms with Crippen molar-refractivity contribution in [2.75, 3.05) is 49.1 Å². The van der Waals surface area contributed by atoms with Gasteiger partial charge in [-0.15, -0.1) is 0 Å². The predicted octanol–water partition coefficient (Wildman–Crippen LogP) is 3.13. The number of anilines is 2. The molecule has 1 fully saturated rings. The molecule has 2 aliphatic heterocycles. The van der Waals surface area contributed by atoms with Gasteiger partial charge in [-0.3, -0.25) is 4.79 Å². The second-order valence-corrected chi connectivity index (χ2v) is 7.60. The number of fused-ring (bicyclic) bond motifs is 1. The monoisotopic (exact) mass is 432 g/mol. The fourth-order valence-corrected chi connectivity index (χ4v) is 4.00. The number of hydrogen-bond acceptors (Lipinski definition) is 3. The zero-order valence-electron chi connectivity index (χ0n) is 16.9. The third kappa shape index (κ3) is 4.60. The van der Waals surface area contributed by atoms with Crippen molar-refractivity contribution in [3.8, 4) is 0 Å². The number of para-hydroxylation sites is 1. The molecule has 0 aromatic heterocycles. The van der Waals surface area contributed by atoms with Crippen LogP contribution in [0.4, 0.5) is 29.3 Å². The maximum Gasteiger partial charge on any atom is 0.416 e. The summed E-state index contributed by atoms with van der Waals surface area (Å²) in [6.45, 7) is 2.07. The Balaban J connectivity index is 1.28. The molecule has 2 aromatic rings. The topological polar surface area (TPSA) is 55.9 Å². The lowest BCUT2D eigenvalue weighted by Crippen LogP contribution is -2.53. The van der Waals surface area contributed by atoms with Gasteiger partial charge in [-0.2, -0.15) is 13.2 Å². The van der Waals surface area contributed by atoms with Gasteiger partial charge in [-0.25, -0.2) is 4.79 Å². The van der Waals surface area contributed by atoms with Crippen LogP contribution in [0.5, 0.6) is 0 Å². The second kappa shape index (κ2) is 8.49. The number of nitrogens with zero attached hydrogens (tertiary/aromatic N) is 3. The number of rotatable bonds is 3. The maximum absolute atomic E-state index is 12.9. The van der Waals surface area contributed by atoms with Crippen LogP contribution in [0, 0.1) is 0 Å². The Morgan fingerprint density at radius 1 is 0.935 bits per heavy atom. The van der Waals surface area contributed by atoms with E-state index in [4.69, 9.17) is 0 Å². The fourth-order valence-electron chi connectivity index (χ4n) is 4.00. The number of carbonyl (C=O) groups is 2. The van der Waals surface area contributed by atoms with E-state index in [-0.39, 0.29) is 18.5 Å². The molecule has 0 radical (unpaired) electrons. The Labute approximate surface area is 178 Å². The van der Waals surface area contributed by atoms with Crippen molar-refractivity contribution < 1.29 is 22.8 Å². The molecule has 4 rings (SSSR count). The van der Waals surface area contributed by atoms with Gasteiger partial charge in [0.25, 0.3) is 0 Å². The van der Waals surface area contributed by atoms with Gasteiger partial charge in [-0.1, -0.05) is 24.3 Å². The summed E-state index contributed by atoms with van der Waals surface area (Å²) in [5.41, 5.74) is 1.80. The molecule has 164 valence electrons. The lowest BCUT2D eigenvalue weighted by Gasteiger charge is -2.36. The minimum atomic E-state index is -4.39. The van der Waals surface area contributed by atoms with E-state index in [1.54, 1.807) is 15.9 Å². The molecule has 0 bridgehead atoms. The van der Waals surface area contributed by atoms with E-state index in [1.807, 2.05) is 29.2 Å². The van der Waals surface area contributed by atoms with E-state index in [0.29, 0.717) is 38.4 Å². The van der Waals surface area contributed by atoms with Gasteiger partial charge in [0.15, 0.2) is 0 Å². The highest BCUT2D eigenvalue weighted by molar-refractivity contribution is 5.98. The average Bonchev–Trinajstić information content (AvgIpc) is 3.21. The summed E-state index contributed by atoms with van der Waals surface area (Å²) in [6.07, 6.45) is -3.59. The average molecular weight is 432 g/mol. The van der Waals surface area contributed by atoms with E-state index in [2.05, 4.69) is 5.32 Å². The quantitative estimate of drug-likeness (QED) is 0.811. The highest BCUT2D eigenvalue weighted by Gasteiger charge is 2.31. The summed E-state index contributed by atoms with van der Waals surface area (Å²) in [4.78, 5) is 30.1. The smallest absolute Gasteiger partial charge is 0.368 e. The predicted molar refractivity (Wildman–Crippen MR) is 111 cm³/mol. The van der Waals surface area contributed by atoms with Crippen LogP contribution in [0.1, 0.15) is 11.1 Å². The summed E-state index contributed by atoms with van der Waals surface area (Å²) < 4.78 is 38.8. The van der Waals surface area contributed by atoms with Crippen molar-refractivity contribution in [2.24, 2.45) is 0 Å². The van der Waals surface area contributed by atoms with Gasteiger partial charge >= 0.3 is 12.2 Å². The first-order valence-electron chi connectivity index (χ1n) is 10.2. The number of benzene rings is 2. The molecule has 6 nitrogen and oxygen atoms in total. The molecule has 2 aliphatic rings. The van der Waals surface area contributed by atoms with Crippen molar-refractivity contribution in [3.63, 3.8) is 0 Å². The number of urea groups is 1. The molecule has 9 heteroatoms. The van der Waals surface area contributed by atoms with Crippen LogP contribution in [-0.4, -0.2) is 56.1 Å². The van der Waals surface area contributed by atoms with E-state index < -0.39 is 11.7 Å². The number of halogens is 3. The third-order valence-electron chi connectivity index (χ3n) is 5.68. The van der Waals surface area contributed by atoms with Crippen molar-refractivity contribution in [3.05, 3.63) is 59.7 Å². The van der Waals surface area contributed by atoms with Gasteiger partial charge in [-0.05, 0) is 36.2 Å². The van der Waals surface area contributed by atoms with Crippen LogP contribution in [0.15, 0.2) is 48.5 Å². The number of hydrogen-bond donors (Lipinski definition) is 1. The SMILES string of the molecule is O=C(NCC(=O)N1CCc2ccccc21)N1CCN(c2cccc(C(F)(F)F)c2)CC1. The highest BCUT2D eigenvalue weighted by Crippen LogP contribution is 2.32. The molecule has 1 N–H and O–H groups in total. The van der Waals surface area contributed by atoms with Gasteiger partial charge < -0.3 is 20.0 Å². The molecule has 1 saturated heterocycles. The molecule has 0 saturated carbocycles. The number of carbonyl (C=O) groups excluding carboxylic acids is 2. The summed E-state index contributed by atoms with van der Waals surface area (Å²) in [5.74, 6) is -0.166. The minimum Gasteiger partial charge on any atom is -0.368 e. The zero-order valence-corrected chi connectivity index (χ0v) is 16.9. The van der Waals surface area contributed by atoms with Crippen LogP contribution in [0.3, 0.4) is 0 Å². The molecule has 0 aliphatic carbocycles. The normalized spacial score (nSPS) is 16.3. The standard InChI is InChI=1S/C22H23F3N4O2/c23-22(24,25)17-5-3-6-18(14-17)27-10-12-28(13-11-27)21(31)26-15-20(30)29-9-8-16-4-1-2-7-19(16)29/h1-7,14H,8-13,15H2,(H,26,31). The Morgan fingerprint density at radius 3 is 2.42 bits per heavy atom. The van der Waals surface area contributed by atoms with Crippen LogP contribution >= 0.6 is 0 Å². The van der Waals surface area contributed by atoms with Gasteiger partial charge in [0.05, 0.1) is 12.1 Å². The number of nitrogens with one attached hydrogen (secondary N) is 1. The molecule has 0 spiro atoms. The molecule has 2 heterocycles. The number of piperazine rings is 1.